The number of fused-ring (bicyclic) bond motifs is 1. The molecule has 0 amide bonds. The van der Waals surface area contributed by atoms with Crippen LogP contribution in [-0.2, 0) is 14.6 Å². The molecule has 1 saturated carbocycles. The van der Waals surface area contributed by atoms with Crippen molar-refractivity contribution >= 4 is 6.47 Å². The van der Waals surface area contributed by atoms with Crippen LogP contribution < -0.4 is 0 Å². The lowest BCUT2D eigenvalue weighted by Gasteiger charge is -1.87. The van der Waals surface area contributed by atoms with E-state index in [2.05, 4.69) is 4.89 Å². The first kappa shape index (κ1) is 6.51. The molecule has 0 spiro atoms. The summed E-state index contributed by atoms with van der Waals surface area (Å²) in [5.74, 6) is 0.769. The van der Waals surface area contributed by atoms with Crippen molar-refractivity contribution in [3.63, 3.8) is 0 Å². The van der Waals surface area contributed by atoms with Crippen LogP contribution in [0.25, 0.3) is 0 Å². The van der Waals surface area contributed by atoms with E-state index < -0.39 is 0 Å². The highest BCUT2D eigenvalue weighted by atomic mass is 17.2. The van der Waals surface area contributed by atoms with Gasteiger partial charge < -0.3 is 5.11 Å². The second kappa shape index (κ2) is 2.80. The summed E-state index contributed by atoms with van der Waals surface area (Å²) in [5, 5.41) is 6.89. The van der Waals surface area contributed by atoms with E-state index in [1.165, 1.54) is 6.42 Å². The quantitative estimate of drug-likeness (QED) is 0.373. The molecule has 9 heavy (non-hydrogen) atoms. The van der Waals surface area contributed by atoms with Crippen LogP contribution >= 0.6 is 0 Å². The molecule has 1 heterocycles. The lowest BCUT2D eigenvalue weighted by atomic mass is 10.5. The van der Waals surface area contributed by atoms with E-state index in [9.17, 15) is 0 Å². The van der Waals surface area contributed by atoms with Gasteiger partial charge in [0.1, 0.15) is 0 Å². The summed E-state index contributed by atoms with van der Waals surface area (Å²) in [7, 11) is 0. The molecule has 0 aromatic carbocycles. The average molecular weight is 132 g/mol. The zero-order valence-electron chi connectivity index (χ0n) is 4.82. The number of hydrogen-bond acceptors (Lipinski definition) is 3. The normalized spacial score (nSPS) is 36.0. The number of rotatable bonds is 0. The van der Waals surface area contributed by atoms with Crippen LogP contribution in [0.2, 0.25) is 0 Å². The number of hydrogen-bond donors (Lipinski definition) is 1. The summed E-state index contributed by atoms with van der Waals surface area (Å²) in [6.07, 6.45) is 1.73. The Balaban J connectivity index is 0.000000120. The summed E-state index contributed by atoms with van der Waals surface area (Å²) in [4.78, 5) is 17.7. The van der Waals surface area contributed by atoms with Crippen molar-refractivity contribution in [2.45, 2.75) is 12.5 Å². The van der Waals surface area contributed by atoms with Crippen LogP contribution in [0, 0.1) is 5.92 Å². The zero-order valence-corrected chi connectivity index (χ0v) is 4.82. The lowest BCUT2D eigenvalue weighted by molar-refractivity contribution is -0.271. The largest absolute Gasteiger partial charge is 0.483 e. The Morgan fingerprint density at radius 2 is 2.33 bits per heavy atom. The molecular weight excluding hydrogens is 124 g/mol. The van der Waals surface area contributed by atoms with Crippen LogP contribution in [0.3, 0.4) is 0 Å². The minimum Gasteiger partial charge on any atom is -0.483 e. The molecule has 52 valence electrons. The van der Waals surface area contributed by atoms with Crippen LogP contribution in [0.4, 0.5) is 0 Å². The molecule has 1 N–H and O–H groups in total. The van der Waals surface area contributed by atoms with Gasteiger partial charge in [0.2, 0.25) is 0 Å². The highest BCUT2D eigenvalue weighted by molar-refractivity contribution is 5.32. The van der Waals surface area contributed by atoms with Gasteiger partial charge in [0.05, 0.1) is 12.7 Å². The van der Waals surface area contributed by atoms with E-state index in [0.29, 0.717) is 6.10 Å². The average Bonchev–Trinajstić information content (AvgIpc) is 2.43. The van der Waals surface area contributed by atoms with E-state index in [1.54, 1.807) is 0 Å². The maximum Gasteiger partial charge on any atom is 0.290 e. The summed E-state index contributed by atoms with van der Waals surface area (Å²) in [5.41, 5.74) is 0. The molecule has 2 rings (SSSR count). The van der Waals surface area contributed by atoms with E-state index in [0.717, 1.165) is 12.5 Å². The molecule has 0 radical (unpaired) electrons. The molecule has 1 aliphatic heterocycles. The van der Waals surface area contributed by atoms with E-state index in [-0.39, 0.29) is 6.47 Å². The van der Waals surface area contributed by atoms with Gasteiger partial charge in [-0.2, -0.15) is 0 Å². The first-order valence-electron chi connectivity index (χ1n) is 2.74. The van der Waals surface area contributed by atoms with Gasteiger partial charge >= 0.3 is 0 Å². The Morgan fingerprint density at radius 1 is 1.67 bits per heavy atom. The summed E-state index contributed by atoms with van der Waals surface area (Å²) >= 11 is 0. The fourth-order valence-corrected chi connectivity index (χ4v) is 0.727. The third-order valence-corrected chi connectivity index (χ3v) is 1.33. The van der Waals surface area contributed by atoms with Gasteiger partial charge in [-0.15, -0.1) is 0 Å². The Bertz CT molecular complexity index is 95.1. The third-order valence-electron chi connectivity index (χ3n) is 1.33. The molecule has 2 unspecified atom stereocenters. The van der Waals surface area contributed by atoms with E-state index in [4.69, 9.17) is 14.8 Å². The zero-order chi connectivity index (χ0) is 6.69. The molecule has 2 atom stereocenters. The fraction of sp³-hybridized carbons (Fsp3) is 0.800. The van der Waals surface area contributed by atoms with Crippen molar-refractivity contribution in [2.75, 3.05) is 6.61 Å². The summed E-state index contributed by atoms with van der Waals surface area (Å²) < 4.78 is 0. The minimum atomic E-state index is -0.250. The smallest absolute Gasteiger partial charge is 0.290 e. The topological polar surface area (TPSA) is 55.8 Å². The first-order valence-corrected chi connectivity index (χ1v) is 2.74. The predicted molar refractivity (Wildman–Crippen MR) is 27.6 cm³/mol. The van der Waals surface area contributed by atoms with Crippen LogP contribution in [0.5, 0.6) is 0 Å². The van der Waals surface area contributed by atoms with Crippen LogP contribution in [-0.4, -0.2) is 24.3 Å². The van der Waals surface area contributed by atoms with E-state index >= 15 is 0 Å². The minimum absolute atomic E-state index is 0.250. The van der Waals surface area contributed by atoms with Crippen molar-refractivity contribution in [1.29, 1.82) is 0 Å². The van der Waals surface area contributed by atoms with Crippen molar-refractivity contribution in [1.82, 2.24) is 0 Å². The highest BCUT2D eigenvalue weighted by Crippen LogP contribution is 2.38. The van der Waals surface area contributed by atoms with Crippen LogP contribution in [0.15, 0.2) is 0 Å². The number of carbonyl (C=O) groups is 1. The Labute approximate surface area is 52.3 Å². The van der Waals surface area contributed by atoms with Gasteiger partial charge in [0.25, 0.3) is 6.47 Å². The maximum absolute atomic E-state index is 8.36. The second-order valence-electron chi connectivity index (χ2n) is 2.02. The molecule has 0 aromatic heterocycles. The van der Waals surface area contributed by atoms with E-state index in [1.807, 2.05) is 0 Å². The lowest BCUT2D eigenvalue weighted by Crippen LogP contribution is -1.84. The number of carboxylic acid groups (broad SMARTS) is 1. The van der Waals surface area contributed by atoms with Crippen molar-refractivity contribution in [3.8, 4) is 0 Å². The van der Waals surface area contributed by atoms with Crippen molar-refractivity contribution in [2.24, 2.45) is 5.92 Å². The molecule has 4 heteroatoms. The Hall–Kier alpha value is -0.610. The standard InChI is InChI=1S/C4H6O2.CH2O2/c1-3-2-5-6-4(1)3;2-1-3/h3-4H,1-2H2;1H,(H,2,3). The van der Waals surface area contributed by atoms with Gasteiger partial charge in [-0.3, -0.25) is 4.79 Å². The molecule has 1 aliphatic carbocycles. The highest BCUT2D eigenvalue weighted by Gasteiger charge is 2.44. The third kappa shape index (κ3) is 1.65. The molecule has 2 aliphatic rings. The maximum atomic E-state index is 8.36. The van der Waals surface area contributed by atoms with Crippen molar-refractivity contribution in [3.05, 3.63) is 0 Å². The van der Waals surface area contributed by atoms with Gasteiger partial charge in [-0.1, -0.05) is 0 Å². The second-order valence-corrected chi connectivity index (χ2v) is 2.02. The van der Waals surface area contributed by atoms with Gasteiger partial charge in [0, 0.05) is 5.92 Å². The molecule has 4 nitrogen and oxygen atoms in total. The fourth-order valence-electron chi connectivity index (χ4n) is 0.727. The van der Waals surface area contributed by atoms with Gasteiger partial charge in [0.15, 0.2) is 0 Å². The Kier molecular flexibility index (Phi) is 2.02. The molecule has 1 saturated heterocycles. The summed E-state index contributed by atoms with van der Waals surface area (Å²) in [6.45, 7) is 0.588. The summed E-state index contributed by atoms with van der Waals surface area (Å²) in [6, 6.07) is 0. The molecule has 2 fully saturated rings. The molecule has 0 aromatic rings. The van der Waals surface area contributed by atoms with Crippen LogP contribution in [0.1, 0.15) is 6.42 Å². The SMILES string of the molecule is C1OOC2CC12.O=CO. The van der Waals surface area contributed by atoms with Gasteiger partial charge in [-0.05, 0) is 6.42 Å². The van der Waals surface area contributed by atoms with Gasteiger partial charge in [-0.25, -0.2) is 9.78 Å². The Morgan fingerprint density at radius 3 is 2.44 bits per heavy atom. The first-order chi connectivity index (χ1) is 4.38. The predicted octanol–water partition coefficient (Wildman–Crippen LogP) is 0.0375. The molecule has 0 bridgehead atoms. The van der Waals surface area contributed by atoms with Crippen molar-refractivity contribution < 1.29 is 19.7 Å². The molecular formula is C5H8O4. The monoisotopic (exact) mass is 132 g/mol.